The SMILES string of the molecule is COCc1nc(CN2C(=O)CN([C@H](C(=O)N[C@@H](Cc3ccccc3)[C@@H](O)CN(CC3CCC3)S(=O)(=O)c3ccc(C=NO)cc3)C(C)C)C2=O)cs1. The fourth-order valence-electron chi connectivity index (χ4n) is 6.44. The van der Waals surface area contributed by atoms with Gasteiger partial charge in [0, 0.05) is 25.6 Å². The number of carbonyl (C=O) groups is 3. The second kappa shape index (κ2) is 17.5. The van der Waals surface area contributed by atoms with E-state index in [1.807, 2.05) is 30.3 Å². The molecular formula is C36H46N6O8S2. The van der Waals surface area contributed by atoms with Crippen LogP contribution in [0.4, 0.5) is 4.79 Å². The topological polar surface area (TPSA) is 182 Å². The predicted molar refractivity (Wildman–Crippen MR) is 194 cm³/mol. The van der Waals surface area contributed by atoms with E-state index in [4.69, 9.17) is 9.94 Å². The number of oxime groups is 1. The molecule has 4 amide bonds. The molecule has 1 aromatic heterocycles. The van der Waals surface area contributed by atoms with E-state index in [0.717, 1.165) is 29.7 Å². The van der Waals surface area contributed by atoms with Gasteiger partial charge in [0.05, 0.1) is 42.1 Å². The summed E-state index contributed by atoms with van der Waals surface area (Å²) in [5.41, 5.74) is 1.85. The van der Waals surface area contributed by atoms with Gasteiger partial charge < -0.3 is 25.3 Å². The number of ether oxygens (including phenoxy) is 1. The third-order valence-electron chi connectivity index (χ3n) is 9.40. The van der Waals surface area contributed by atoms with E-state index in [0.29, 0.717) is 22.9 Å². The fraction of sp³-hybridized carbons (Fsp3) is 0.472. The molecule has 2 fully saturated rings. The van der Waals surface area contributed by atoms with Crippen LogP contribution in [0.15, 0.2) is 70.0 Å². The quantitative estimate of drug-likeness (QED) is 0.0758. The van der Waals surface area contributed by atoms with Crippen LogP contribution < -0.4 is 5.32 Å². The Balaban J connectivity index is 1.37. The molecule has 3 aromatic rings. The van der Waals surface area contributed by atoms with Crippen molar-refractivity contribution < 1.29 is 37.9 Å². The average molecular weight is 755 g/mol. The predicted octanol–water partition coefficient (Wildman–Crippen LogP) is 3.47. The van der Waals surface area contributed by atoms with Gasteiger partial charge in [0.15, 0.2) is 0 Å². The Hall–Kier alpha value is -4.22. The Kier molecular flexibility index (Phi) is 13.1. The number of hydrogen-bond acceptors (Lipinski definition) is 11. The first kappa shape index (κ1) is 39.0. The van der Waals surface area contributed by atoms with Crippen LogP contribution >= 0.6 is 11.3 Å². The molecule has 2 aromatic carbocycles. The smallest absolute Gasteiger partial charge is 0.328 e. The highest BCUT2D eigenvalue weighted by molar-refractivity contribution is 7.89. The van der Waals surface area contributed by atoms with Crippen LogP contribution in [0.1, 0.15) is 54.9 Å². The molecule has 1 aliphatic heterocycles. The molecule has 2 aliphatic rings. The second-order valence-electron chi connectivity index (χ2n) is 13.5. The summed E-state index contributed by atoms with van der Waals surface area (Å²) in [6.07, 6.45) is 2.75. The highest BCUT2D eigenvalue weighted by Gasteiger charge is 2.44. The molecule has 5 rings (SSSR count). The number of nitrogens with zero attached hydrogens (tertiary/aromatic N) is 5. The number of aliphatic hydroxyl groups excluding tert-OH is 1. The van der Waals surface area contributed by atoms with Crippen LogP contribution in [0.5, 0.6) is 0 Å². The summed E-state index contributed by atoms with van der Waals surface area (Å²) in [6, 6.07) is 12.5. The zero-order valence-corrected chi connectivity index (χ0v) is 31.1. The standard InChI is InChI=1S/C36H46N6O8S2/c1-24(2)34(42-21-33(44)41(36(42)46)19-28-23-51-32(38-28)22-50-3)35(45)39-30(16-25-8-5-4-6-9-25)31(43)20-40(18-27-10-7-11-27)52(48,49)29-14-12-26(13-15-29)17-37-47/h4-6,8-9,12-15,17,23-24,27,30-31,34,43,47H,7,10-11,16,18-22H2,1-3H3,(H,39,45)/t30-,31-,34-/m0/s1. The van der Waals surface area contributed by atoms with Gasteiger partial charge in [-0.3, -0.25) is 14.5 Å². The van der Waals surface area contributed by atoms with E-state index in [9.17, 15) is 27.9 Å². The molecule has 52 heavy (non-hydrogen) atoms. The molecule has 14 nitrogen and oxygen atoms in total. The van der Waals surface area contributed by atoms with Gasteiger partial charge in [-0.25, -0.2) is 18.2 Å². The number of hydrogen-bond donors (Lipinski definition) is 3. The summed E-state index contributed by atoms with van der Waals surface area (Å²) < 4.78 is 34.4. The van der Waals surface area contributed by atoms with Gasteiger partial charge >= 0.3 is 6.03 Å². The van der Waals surface area contributed by atoms with Gasteiger partial charge in [-0.05, 0) is 54.4 Å². The van der Waals surface area contributed by atoms with Crippen LogP contribution in [-0.2, 0) is 43.9 Å². The maximum absolute atomic E-state index is 14.2. The van der Waals surface area contributed by atoms with E-state index in [2.05, 4.69) is 15.5 Å². The monoisotopic (exact) mass is 754 g/mol. The molecule has 280 valence electrons. The van der Waals surface area contributed by atoms with Crippen molar-refractivity contribution in [1.29, 1.82) is 0 Å². The summed E-state index contributed by atoms with van der Waals surface area (Å²) in [5, 5.41) is 29.1. The summed E-state index contributed by atoms with van der Waals surface area (Å²) in [4.78, 5) is 47.7. The van der Waals surface area contributed by atoms with Crippen molar-refractivity contribution in [3.63, 3.8) is 0 Å². The third kappa shape index (κ3) is 9.41. The molecule has 3 N–H and O–H groups in total. The zero-order chi connectivity index (χ0) is 37.4. The maximum Gasteiger partial charge on any atom is 0.328 e. The Morgan fingerprint density at radius 1 is 1.15 bits per heavy atom. The largest absolute Gasteiger partial charge is 0.411 e. The van der Waals surface area contributed by atoms with Crippen molar-refractivity contribution in [2.24, 2.45) is 17.0 Å². The first-order chi connectivity index (χ1) is 24.9. The van der Waals surface area contributed by atoms with Crippen molar-refractivity contribution in [2.45, 2.75) is 75.8 Å². The Labute approximate surface area is 308 Å². The highest BCUT2D eigenvalue weighted by atomic mass is 32.2. The lowest BCUT2D eigenvalue weighted by atomic mass is 9.85. The fourth-order valence-corrected chi connectivity index (χ4v) is 8.73. The minimum absolute atomic E-state index is 0.0203. The van der Waals surface area contributed by atoms with Crippen LogP contribution in [0, 0.1) is 11.8 Å². The number of carbonyl (C=O) groups excluding carboxylic acids is 3. The van der Waals surface area contributed by atoms with E-state index in [-0.39, 0.29) is 43.4 Å². The molecule has 16 heteroatoms. The van der Waals surface area contributed by atoms with Crippen molar-refractivity contribution in [3.8, 4) is 0 Å². The summed E-state index contributed by atoms with van der Waals surface area (Å²) >= 11 is 1.36. The number of nitrogens with one attached hydrogen (secondary N) is 1. The number of aromatic nitrogens is 1. The third-order valence-corrected chi connectivity index (χ3v) is 12.1. The van der Waals surface area contributed by atoms with E-state index in [1.165, 1.54) is 51.0 Å². The first-order valence-electron chi connectivity index (χ1n) is 17.2. The number of benzene rings is 2. The summed E-state index contributed by atoms with van der Waals surface area (Å²) in [5.74, 6) is -1.30. The number of aliphatic hydroxyl groups is 1. The highest BCUT2D eigenvalue weighted by Crippen LogP contribution is 2.30. The van der Waals surface area contributed by atoms with Crippen LogP contribution in [0.3, 0.4) is 0 Å². The van der Waals surface area contributed by atoms with E-state index >= 15 is 0 Å². The summed E-state index contributed by atoms with van der Waals surface area (Å²) in [6.45, 7) is 3.42. The van der Waals surface area contributed by atoms with Gasteiger partial charge in [0.1, 0.15) is 17.6 Å². The number of sulfonamides is 1. The van der Waals surface area contributed by atoms with Gasteiger partial charge in [-0.15, -0.1) is 11.3 Å². The van der Waals surface area contributed by atoms with Crippen molar-refractivity contribution in [2.75, 3.05) is 26.7 Å². The van der Waals surface area contributed by atoms with Crippen LogP contribution in [0.2, 0.25) is 0 Å². The Bertz CT molecular complexity index is 1820. The minimum Gasteiger partial charge on any atom is -0.411 e. The number of rotatable bonds is 18. The average Bonchev–Trinajstić information content (AvgIpc) is 3.65. The molecule has 0 unspecified atom stereocenters. The Morgan fingerprint density at radius 3 is 2.48 bits per heavy atom. The van der Waals surface area contributed by atoms with Crippen molar-refractivity contribution in [3.05, 3.63) is 81.8 Å². The normalized spacial score (nSPS) is 17.3. The lowest BCUT2D eigenvalue weighted by Crippen LogP contribution is -2.57. The molecule has 0 bridgehead atoms. The zero-order valence-electron chi connectivity index (χ0n) is 29.5. The molecule has 0 radical (unpaired) electrons. The molecular weight excluding hydrogens is 709 g/mol. The minimum atomic E-state index is -4.08. The second-order valence-corrected chi connectivity index (χ2v) is 16.4. The lowest BCUT2D eigenvalue weighted by molar-refractivity contribution is -0.129. The number of amides is 4. The number of imide groups is 1. The van der Waals surface area contributed by atoms with Crippen LogP contribution in [0.25, 0.3) is 0 Å². The maximum atomic E-state index is 14.2. The number of thiazole rings is 1. The van der Waals surface area contributed by atoms with Crippen molar-refractivity contribution >= 4 is 45.4 Å². The number of methoxy groups -OCH3 is 1. The first-order valence-corrected chi connectivity index (χ1v) is 19.6. The molecule has 1 saturated heterocycles. The molecule has 3 atom stereocenters. The van der Waals surface area contributed by atoms with Crippen molar-refractivity contribution in [1.82, 2.24) is 24.4 Å². The van der Waals surface area contributed by atoms with Gasteiger partial charge in [-0.2, -0.15) is 4.31 Å². The summed E-state index contributed by atoms with van der Waals surface area (Å²) in [7, 11) is -2.52. The molecule has 1 saturated carbocycles. The van der Waals surface area contributed by atoms with E-state index < -0.39 is 52.0 Å². The van der Waals surface area contributed by atoms with Crippen LogP contribution in [-0.4, -0.2) is 107 Å². The Morgan fingerprint density at radius 2 is 1.87 bits per heavy atom. The molecule has 2 heterocycles. The van der Waals surface area contributed by atoms with Gasteiger partial charge in [0.2, 0.25) is 15.9 Å². The van der Waals surface area contributed by atoms with Gasteiger partial charge in [0.25, 0.3) is 5.91 Å². The number of urea groups is 1. The van der Waals surface area contributed by atoms with Gasteiger partial charge in [-0.1, -0.05) is 67.9 Å². The molecule has 1 aliphatic carbocycles. The van der Waals surface area contributed by atoms with E-state index in [1.54, 1.807) is 26.3 Å². The molecule has 0 spiro atoms. The lowest BCUT2D eigenvalue weighted by Gasteiger charge is -2.36.